The molecule has 0 saturated heterocycles. The van der Waals surface area contributed by atoms with E-state index in [1.54, 1.807) is 0 Å². The van der Waals surface area contributed by atoms with E-state index >= 15 is 0 Å². The van der Waals surface area contributed by atoms with E-state index in [1.807, 2.05) is 25.3 Å². The van der Waals surface area contributed by atoms with E-state index in [0.717, 1.165) is 29.7 Å². The zero-order chi connectivity index (χ0) is 10.2. The number of hydrogen-bond acceptors (Lipinski definition) is 2. The van der Waals surface area contributed by atoms with Gasteiger partial charge in [0.25, 0.3) is 0 Å². The van der Waals surface area contributed by atoms with Crippen molar-refractivity contribution >= 4 is 15.9 Å². The van der Waals surface area contributed by atoms with Crippen LogP contribution in [-0.4, -0.2) is 11.5 Å². The van der Waals surface area contributed by atoms with Crippen molar-refractivity contribution in [3.63, 3.8) is 0 Å². The van der Waals surface area contributed by atoms with Gasteiger partial charge in [-0.1, -0.05) is 12.2 Å². The summed E-state index contributed by atoms with van der Waals surface area (Å²) in [6, 6.07) is 4.03. The monoisotopic (exact) mass is 254 g/mol. The molecule has 0 aliphatic rings. The topological polar surface area (TPSA) is 24.9 Å². The first-order valence-corrected chi connectivity index (χ1v) is 5.54. The third kappa shape index (κ3) is 4.53. The Balaban J connectivity index is 2.21. The maximum Gasteiger partial charge on any atom is 0.0542 e. The number of pyridine rings is 1. The van der Waals surface area contributed by atoms with Crippen LogP contribution in [0.25, 0.3) is 0 Å². The lowest BCUT2D eigenvalue weighted by Crippen LogP contribution is -2.14. The fourth-order valence-corrected chi connectivity index (χ4v) is 1.31. The Hall–Kier alpha value is -0.670. The molecule has 0 bridgehead atoms. The molecular weight excluding hydrogens is 240 g/mol. The van der Waals surface area contributed by atoms with Crippen LogP contribution in [0.5, 0.6) is 0 Å². The summed E-state index contributed by atoms with van der Waals surface area (Å²) >= 11 is 3.36. The minimum Gasteiger partial charge on any atom is -0.311 e. The Kier molecular flexibility index (Phi) is 5.49. The molecule has 0 fully saturated rings. The molecule has 0 aromatic carbocycles. The van der Waals surface area contributed by atoms with Crippen LogP contribution >= 0.6 is 15.9 Å². The molecule has 0 aliphatic carbocycles. The minimum absolute atomic E-state index is 0.838. The van der Waals surface area contributed by atoms with Gasteiger partial charge in [-0.15, -0.1) is 0 Å². The minimum atomic E-state index is 0.838. The van der Waals surface area contributed by atoms with Crippen LogP contribution in [0.2, 0.25) is 0 Å². The third-order valence-electron chi connectivity index (χ3n) is 1.82. The lowest BCUT2D eigenvalue weighted by molar-refractivity contribution is 0.682. The Bertz CT molecular complexity index is 280. The van der Waals surface area contributed by atoms with E-state index in [1.165, 1.54) is 0 Å². The van der Waals surface area contributed by atoms with Crippen molar-refractivity contribution in [2.24, 2.45) is 0 Å². The van der Waals surface area contributed by atoms with Gasteiger partial charge in [0.2, 0.25) is 0 Å². The molecule has 76 valence electrons. The highest BCUT2D eigenvalue weighted by Gasteiger charge is 1.92. The quantitative estimate of drug-likeness (QED) is 0.646. The number of aromatic nitrogens is 1. The van der Waals surface area contributed by atoms with Crippen molar-refractivity contribution < 1.29 is 0 Å². The largest absolute Gasteiger partial charge is 0.311 e. The second-order valence-corrected chi connectivity index (χ2v) is 3.92. The summed E-state index contributed by atoms with van der Waals surface area (Å²) in [7, 11) is 0. The van der Waals surface area contributed by atoms with Gasteiger partial charge < -0.3 is 5.32 Å². The Labute approximate surface area is 93.6 Å². The molecule has 1 aromatic rings. The molecule has 1 rings (SSSR count). The summed E-state index contributed by atoms with van der Waals surface area (Å²) in [5, 5.41) is 3.33. The summed E-state index contributed by atoms with van der Waals surface area (Å²) in [5.41, 5.74) is 1.08. The average molecular weight is 255 g/mol. The third-order valence-corrected chi connectivity index (χ3v) is 2.29. The number of allylic oxidation sites excluding steroid dienone is 1. The summed E-state index contributed by atoms with van der Waals surface area (Å²) in [6.45, 7) is 3.88. The number of nitrogens with zero attached hydrogens (tertiary/aromatic N) is 1. The van der Waals surface area contributed by atoms with Gasteiger partial charge in [-0.25, -0.2) is 0 Å². The number of hydrogen-bond donors (Lipinski definition) is 1. The van der Waals surface area contributed by atoms with Crippen LogP contribution in [0.3, 0.4) is 0 Å². The maximum atomic E-state index is 4.27. The molecule has 1 aromatic heterocycles. The molecule has 1 N–H and O–H groups in total. The Morgan fingerprint density at radius 2 is 2.36 bits per heavy atom. The van der Waals surface area contributed by atoms with E-state index in [9.17, 15) is 0 Å². The molecule has 1 heterocycles. The summed E-state index contributed by atoms with van der Waals surface area (Å²) < 4.78 is 1.02. The molecule has 14 heavy (non-hydrogen) atoms. The second kappa shape index (κ2) is 6.74. The normalized spacial score (nSPS) is 11.0. The molecule has 0 aliphatic heterocycles. The summed E-state index contributed by atoms with van der Waals surface area (Å²) in [4.78, 5) is 4.27. The first-order valence-electron chi connectivity index (χ1n) is 4.75. The molecule has 0 atom stereocenters. The van der Waals surface area contributed by atoms with Crippen LogP contribution in [0, 0.1) is 0 Å². The fraction of sp³-hybridized carbons (Fsp3) is 0.364. The summed E-state index contributed by atoms with van der Waals surface area (Å²) in [5.74, 6) is 0. The van der Waals surface area contributed by atoms with Crippen molar-refractivity contribution in [1.82, 2.24) is 10.3 Å². The average Bonchev–Trinajstić information content (AvgIpc) is 2.21. The van der Waals surface area contributed by atoms with Crippen LogP contribution < -0.4 is 5.32 Å². The fourth-order valence-electron chi connectivity index (χ4n) is 1.08. The van der Waals surface area contributed by atoms with E-state index < -0.39 is 0 Å². The van der Waals surface area contributed by atoms with Crippen molar-refractivity contribution in [3.8, 4) is 0 Å². The van der Waals surface area contributed by atoms with E-state index in [-0.39, 0.29) is 0 Å². The predicted octanol–water partition coefficient (Wildman–Crippen LogP) is 2.90. The molecule has 0 amide bonds. The zero-order valence-corrected chi connectivity index (χ0v) is 9.92. The van der Waals surface area contributed by atoms with E-state index in [0.29, 0.717) is 0 Å². The second-order valence-electron chi connectivity index (χ2n) is 3.00. The van der Waals surface area contributed by atoms with Gasteiger partial charge in [0.05, 0.1) is 5.69 Å². The van der Waals surface area contributed by atoms with Crippen molar-refractivity contribution in [2.75, 3.05) is 6.54 Å². The smallest absolute Gasteiger partial charge is 0.0542 e. The van der Waals surface area contributed by atoms with Crippen LogP contribution in [0.4, 0.5) is 0 Å². The SMILES string of the molecule is C/C=C/CCNCc1ccc(Br)cn1. The van der Waals surface area contributed by atoms with Gasteiger partial charge >= 0.3 is 0 Å². The van der Waals surface area contributed by atoms with Crippen LogP contribution in [-0.2, 0) is 6.54 Å². The molecule has 0 unspecified atom stereocenters. The Morgan fingerprint density at radius 1 is 1.50 bits per heavy atom. The zero-order valence-electron chi connectivity index (χ0n) is 8.33. The van der Waals surface area contributed by atoms with Crippen molar-refractivity contribution in [2.45, 2.75) is 19.9 Å². The van der Waals surface area contributed by atoms with Gasteiger partial charge in [-0.3, -0.25) is 4.98 Å². The maximum absolute atomic E-state index is 4.27. The van der Waals surface area contributed by atoms with E-state index in [4.69, 9.17) is 0 Å². The van der Waals surface area contributed by atoms with Gasteiger partial charge in [0.1, 0.15) is 0 Å². The first-order chi connectivity index (χ1) is 6.83. The lowest BCUT2D eigenvalue weighted by Gasteiger charge is -2.01. The number of nitrogens with one attached hydrogen (secondary N) is 1. The molecule has 0 spiro atoms. The predicted molar refractivity (Wildman–Crippen MR) is 63.1 cm³/mol. The first kappa shape index (κ1) is 11.4. The highest BCUT2D eigenvalue weighted by Crippen LogP contribution is 2.06. The van der Waals surface area contributed by atoms with Gasteiger partial charge in [0, 0.05) is 17.2 Å². The number of rotatable bonds is 5. The van der Waals surface area contributed by atoms with Crippen molar-refractivity contribution in [1.29, 1.82) is 0 Å². The molecule has 0 radical (unpaired) electrons. The highest BCUT2D eigenvalue weighted by atomic mass is 79.9. The molecular formula is C11H15BrN2. The lowest BCUT2D eigenvalue weighted by atomic mass is 10.3. The molecule has 0 saturated carbocycles. The molecule has 3 heteroatoms. The molecule has 2 nitrogen and oxygen atoms in total. The standard InChI is InChI=1S/C11H15BrN2/c1-2-3-4-7-13-9-11-6-5-10(12)8-14-11/h2-3,5-6,8,13H,4,7,9H2,1H3/b3-2+. The van der Waals surface area contributed by atoms with Crippen LogP contribution in [0.15, 0.2) is 35.0 Å². The number of halogens is 1. The van der Waals surface area contributed by atoms with Gasteiger partial charge in [-0.05, 0) is 48.0 Å². The Morgan fingerprint density at radius 3 is 3.00 bits per heavy atom. The van der Waals surface area contributed by atoms with Crippen LogP contribution in [0.1, 0.15) is 19.0 Å². The summed E-state index contributed by atoms with van der Waals surface area (Å²) in [6.07, 6.45) is 7.12. The van der Waals surface area contributed by atoms with E-state index in [2.05, 4.69) is 38.4 Å². The highest BCUT2D eigenvalue weighted by molar-refractivity contribution is 9.10. The van der Waals surface area contributed by atoms with Gasteiger partial charge in [0.15, 0.2) is 0 Å². The van der Waals surface area contributed by atoms with Crippen molar-refractivity contribution in [3.05, 3.63) is 40.6 Å². The van der Waals surface area contributed by atoms with Gasteiger partial charge in [-0.2, -0.15) is 0 Å².